The Kier molecular flexibility index (Phi) is 9.41. The first-order chi connectivity index (χ1) is 5.85. The van der Waals surface area contributed by atoms with Crippen molar-refractivity contribution in [3.63, 3.8) is 0 Å². The van der Waals surface area contributed by atoms with E-state index < -0.39 is 0 Å². The van der Waals surface area contributed by atoms with Gasteiger partial charge in [0.25, 0.3) is 0 Å². The third-order valence-electron chi connectivity index (χ3n) is 1.19. The van der Waals surface area contributed by atoms with Crippen LogP contribution in [0.4, 0.5) is 0 Å². The van der Waals surface area contributed by atoms with E-state index in [9.17, 15) is 0 Å². The van der Waals surface area contributed by atoms with E-state index in [4.69, 9.17) is 9.47 Å². The van der Waals surface area contributed by atoms with Crippen LogP contribution in [0.15, 0.2) is 12.7 Å². The summed E-state index contributed by atoms with van der Waals surface area (Å²) in [4.78, 5) is 0. The molecule has 0 radical (unpaired) electrons. The molecule has 0 spiro atoms. The predicted molar refractivity (Wildman–Crippen MR) is 52.6 cm³/mol. The Morgan fingerprint density at radius 1 is 1.33 bits per heavy atom. The van der Waals surface area contributed by atoms with Crippen LogP contribution in [-0.4, -0.2) is 34.5 Å². The number of hydrogen-bond donors (Lipinski definition) is 0. The van der Waals surface area contributed by atoms with Gasteiger partial charge in [-0.2, -0.15) is 0 Å². The van der Waals surface area contributed by atoms with Crippen LogP contribution < -0.4 is 0 Å². The van der Waals surface area contributed by atoms with Crippen LogP contribution in [0.5, 0.6) is 0 Å². The van der Waals surface area contributed by atoms with Crippen molar-refractivity contribution in [1.82, 2.24) is 0 Å². The van der Waals surface area contributed by atoms with Gasteiger partial charge in [-0.1, -0.05) is 0 Å². The summed E-state index contributed by atoms with van der Waals surface area (Å²) < 4.78 is 10.8. The molecule has 0 unspecified atom stereocenters. The number of allylic oxidation sites excluding steroid dienone is 1. The molecule has 0 bridgehead atoms. The van der Waals surface area contributed by atoms with Crippen molar-refractivity contribution in [2.24, 2.45) is 0 Å². The third kappa shape index (κ3) is 6.86. The van der Waals surface area contributed by atoms with Crippen molar-refractivity contribution in [3.05, 3.63) is 12.7 Å². The molecule has 0 aliphatic carbocycles. The minimum absolute atomic E-state index is 0.0138. The summed E-state index contributed by atoms with van der Waals surface area (Å²) in [5, 5.41) is 2.13. The maximum atomic E-state index is 5.39. The zero-order valence-electron chi connectivity index (χ0n) is 7.91. The van der Waals surface area contributed by atoms with E-state index in [1.807, 2.05) is 19.9 Å². The number of hydrogen-bond acceptors (Lipinski definition) is 2. The average Bonchev–Trinajstić information content (AvgIpc) is 2.06. The molecule has 0 aromatic rings. The monoisotopic (exact) mass is 238 g/mol. The van der Waals surface area contributed by atoms with Gasteiger partial charge in [0.15, 0.2) is 0 Å². The molecule has 0 aromatic heterocycles. The molecule has 0 N–H and O–H groups in total. The average molecular weight is 237 g/mol. The second kappa shape index (κ2) is 9.27. The maximum absolute atomic E-state index is 5.39. The Morgan fingerprint density at radius 2 is 1.92 bits per heavy atom. The Morgan fingerprint density at radius 3 is 2.33 bits per heavy atom. The molecule has 12 heavy (non-hydrogen) atoms. The predicted octanol–water partition coefficient (Wildman–Crippen LogP) is 2.11. The summed E-state index contributed by atoms with van der Waals surface area (Å²) in [6, 6.07) is 0. The molecule has 3 heteroatoms. The van der Waals surface area contributed by atoms with Crippen molar-refractivity contribution in [3.8, 4) is 0 Å². The number of rotatable bonds is 8. The van der Waals surface area contributed by atoms with E-state index in [0.29, 0.717) is 15.0 Å². The minimum atomic E-state index is 0.0138. The normalized spacial score (nSPS) is 10.6. The van der Waals surface area contributed by atoms with E-state index in [-0.39, 0.29) is 6.29 Å². The molecule has 0 rings (SSSR count). The van der Waals surface area contributed by atoms with E-state index in [1.165, 1.54) is 0 Å². The fraction of sp³-hybridized carbons (Fsp3) is 0.778. The van der Waals surface area contributed by atoms with E-state index >= 15 is 0 Å². The molecule has 2 nitrogen and oxygen atoms in total. The first-order valence-electron chi connectivity index (χ1n) is 4.27. The van der Waals surface area contributed by atoms with Gasteiger partial charge in [0.05, 0.1) is 0 Å². The fourth-order valence-electron chi connectivity index (χ4n) is 0.764. The van der Waals surface area contributed by atoms with Crippen molar-refractivity contribution < 1.29 is 9.47 Å². The van der Waals surface area contributed by atoms with Crippen molar-refractivity contribution >= 4 is 15.0 Å². The molecular formula is C9H18O2Se. The number of ether oxygens (including phenoxy) is 2. The Bertz CT molecular complexity index is 101. The van der Waals surface area contributed by atoms with E-state index in [2.05, 4.69) is 6.58 Å². The van der Waals surface area contributed by atoms with Gasteiger partial charge in [-0.15, -0.1) is 0 Å². The Hall–Kier alpha value is 0.179. The zero-order valence-corrected chi connectivity index (χ0v) is 9.63. The second-order valence-corrected chi connectivity index (χ2v) is 4.42. The van der Waals surface area contributed by atoms with Gasteiger partial charge in [0.1, 0.15) is 0 Å². The topological polar surface area (TPSA) is 18.5 Å². The van der Waals surface area contributed by atoms with Gasteiger partial charge in [-0.05, 0) is 0 Å². The molecule has 0 fully saturated rings. The van der Waals surface area contributed by atoms with Gasteiger partial charge >= 0.3 is 81.1 Å². The van der Waals surface area contributed by atoms with Crippen LogP contribution in [0.1, 0.15) is 13.8 Å². The van der Waals surface area contributed by atoms with Crippen LogP contribution in [0, 0.1) is 0 Å². The molecule has 0 saturated carbocycles. The zero-order chi connectivity index (χ0) is 9.23. The molecule has 0 aliphatic rings. The Balaban J connectivity index is 3.40. The second-order valence-electron chi connectivity index (χ2n) is 2.17. The van der Waals surface area contributed by atoms with E-state index in [1.54, 1.807) is 0 Å². The fourth-order valence-corrected chi connectivity index (χ4v) is 2.21. The van der Waals surface area contributed by atoms with Crippen molar-refractivity contribution in [1.29, 1.82) is 0 Å². The van der Waals surface area contributed by atoms with Gasteiger partial charge in [0.2, 0.25) is 0 Å². The molecule has 0 aliphatic heterocycles. The third-order valence-corrected chi connectivity index (χ3v) is 3.25. The summed E-state index contributed by atoms with van der Waals surface area (Å²) in [5.41, 5.74) is 0. The van der Waals surface area contributed by atoms with Crippen LogP contribution in [-0.2, 0) is 9.47 Å². The van der Waals surface area contributed by atoms with Crippen LogP contribution in [0.2, 0.25) is 10.6 Å². The van der Waals surface area contributed by atoms with Gasteiger partial charge in [-0.25, -0.2) is 0 Å². The van der Waals surface area contributed by atoms with Crippen molar-refractivity contribution in [2.75, 3.05) is 13.2 Å². The first kappa shape index (κ1) is 12.2. The summed E-state index contributed by atoms with van der Waals surface area (Å²) >= 11 is 0.580. The summed E-state index contributed by atoms with van der Waals surface area (Å²) in [6.45, 7) is 9.13. The summed E-state index contributed by atoms with van der Waals surface area (Å²) in [6.07, 6.45) is 1.97. The standard InChI is InChI=1S/C9H18O2Se/c1-4-7-12-8-9(10-5-2)11-6-3/h4,9H,1,5-8H2,2-3H3. The van der Waals surface area contributed by atoms with E-state index in [0.717, 1.165) is 23.9 Å². The SMILES string of the molecule is C=CC[Se]CC(OCC)OCC. The summed E-state index contributed by atoms with van der Waals surface area (Å²) in [5.74, 6) is 0. The van der Waals surface area contributed by atoms with Gasteiger partial charge in [-0.3, -0.25) is 0 Å². The molecule has 72 valence electrons. The molecule has 0 atom stereocenters. The first-order valence-corrected chi connectivity index (χ1v) is 6.69. The quantitative estimate of drug-likeness (QED) is 0.278. The van der Waals surface area contributed by atoms with Gasteiger partial charge in [0, 0.05) is 0 Å². The van der Waals surface area contributed by atoms with Crippen LogP contribution in [0.3, 0.4) is 0 Å². The van der Waals surface area contributed by atoms with Crippen LogP contribution >= 0.6 is 0 Å². The molecule has 0 saturated heterocycles. The molecular weight excluding hydrogens is 219 g/mol. The van der Waals surface area contributed by atoms with Gasteiger partial charge < -0.3 is 0 Å². The molecule has 0 heterocycles. The van der Waals surface area contributed by atoms with Crippen molar-refractivity contribution in [2.45, 2.75) is 30.8 Å². The Labute approximate surface area is 81.5 Å². The molecule has 0 aromatic carbocycles. The molecule has 0 amide bonds. The van der Waals surface area contributed by atoms with Crippen LogP contribution in [0.25, 0.3) is 0 Å². The summed E-state index contributed by atoms with van der Waals surface area (Å²) in [7, 11) is 0.